The van der Waals surface area contributed by atoms with Crippen LogP contribution in [0.15, 0.2) is 28.5 Å². The molecule has 1 unspecified atom stereocenters. The van der Waals surface area contributed by atoms with Crippen molar-refractivity contribution in [2.24, 2.45) is 5.92 Å². The highest BCUT2D eigenvalue weighted by atomic mass is 35.5. The van der Waals surface area contributed by atoms with Crippen molar-refractivity contribution < 1.29 is 4.74 Å². The first kappa shape index (κ1) is 21.8. The zero-order valence-corrected chi connectivity index (χ0v) is 21.1. The monoisotopic (exact) mass is 510 g/mol. The third kappa shape index (κ3) is 3.96. The minimum absolute atomic E-state index is 0.217. The maximum Gasteiger partial charge on any atom is 0.198 e. The van der Waals surface area contributed by atoms with Gasteiger partial charge in [-0.15, -0.1) is 21.5 Å². The van der Waals surface area contributed by atoms with Crippen LogP contribution in [0.3, 0.4) is 0 Å². The van der Waals surface area contributed by atoms with Gasteiger partial charge >= 0.3 is 0 Å². The summed E-state index contributed by atoms with van der Waals surface area (Å²) in [6.45, 7) is 5.06. The number of halogens is 2. The minimum atomic E-state index is 0.217. The minimum Gasteiger partial charge on any atom is -0.372 e. The SMILES string of the molecule is CSc1nc2sc3c(c2c2nnc(SCc4ccc(Cl)cc4Cl)n12)CC(C(C)C)OC3. The number of hydrogen-bond donors (Lipinski definition) is 0. The average Bonchev–Trinajstić information content (AvgIpc) is 3.32. The molecule has 1 aliphatic rings. The summed E-state index contributed by atoms with van der Waals surface area (Å²) < 4.78 is 8.16. The second kappa shape index (κ2) is 8.72. The van der Waals surface area contributed by atoms with Gasteiger partial charge in [0.2, 0.25) is 0 Å². The summed E-state index contributed by atoms with van der Waals surface area (Å²) in [6, 6.07) is 5.58. The predicted octanol–water partition coefficient (Wildman–Crippen LogP) is 6.76. The Labute approximate surface area is 202 Å². The highest BCUT2D eigenvalue weighted by Crippen LogP contribution is 2.40. The van der Waals surface area contributed by atoms with E-state index in [1.54, 1.807) is 40.9 Å². The average molecular weight is 512 g/mol. The van der Waals surface area contributed by atoms with Gasteiger partial charge in [-0.2, -0.15) is 0 Å². The zero-order valence-electron chi connectivity index (χ0n) is 17.2. The number of thiophene rings is 1. The maximum absolute atomic E-state index is 6.36. The standard InChI is InChI=1S/C21H20Cl2N4OS3/c1-10(2)15-7-13-16(8-28-15)31-19-17(13)18-25-26-21(27(18)20(24-19)29-3)30-9-11-4-5-12(22)6-14(11)23/h4-6,10,15H,7-9H2,1-3H3. The van der Waals surface area contributed by atoms with Gasteiger partial charge in [0.05, 0.1) is 18.1 Å². The molecule has 4 aromatic rings. The highest BCUT2D eigenvalue weighted by molar-refractivity contribution is 7.99. The molecule has 0 amide bonds. The van der Waals surface area contributed by atoms with Crippen LogP contribution >= 0.6 is 58.1 Å². The summed E-state index contributed by atoms with van der Waals surface area (Å²) in [5.74, 6) is 1.14. The van der Waals surface area contributed by atoms with Gasteiger partial charge in [-0.1, -0.05) is 66.6 Å². The zero-order chi connectivity index (χ0) is 21.7. The largest absolute Gasteiger partial charge is 0.372 e. The second-order valence-corrected chi connectivity index (χ2v) is 11.4. The first-order chi connectivity index (χ1) is 15.0. The molecule has 4 heterocycles. The van der Waals surface area contributed by atoms with Gasteiger partial charge in [-0.3, -0.25) is 0 Å². The van der Waals surface area contributed by atoms with Crippen molar-refractivity contribution in [3.8, 4) is 0 Å². The molecular formula is C21H20Cl2N4OS3. The molecule has 5 rings (SSSR count). The Morgan fingerprint density at radius 1 is 1.26 bits per heavy atom. The van der Waals surface area contributed by atoms with E-state index < -0.39 is 0 Å². The molecule has 0 saturated carbocycles. The molecule has 162 valence electrons. The van der Waals surface area contributed by atoms with Gasteiger partial charge in [-0.05, 0) is 35.4 Å². The Morgan fingerprint density at radius 2 is 2.10 bits per heavy atom. The van der Waals surface area contributed by atoms with Crippen LogP contribution in [0.4, 0.5) is 0 Å². The quantitative estimate of drug-likeness (QED) is 0.218. The number of thioether (sulfide) groups is 2. The molecule has 0 fully saturated rings. The number of rotatable bonds is 5. The Hall–Kier alpha value is -1.03. The fourth-order valence-electron chi connectivity index (χ4n) is 3.76. The lowest BCUT2D eigenvalue weighted by Crippen LogP contribution is -2.26. The molecule has 1 atom stereocenters. The van der Waals surface area contributed by atoms with Crippen molar-refractivity contribution in [1.82, 2.24) is 19.6 Å². The van der Waals surface area contributed by atoms with Crippen LogP contribution in [-0.4, -0.2) is 31.9 Å². The van der Waals surface area contributed by atoms with Crippen molar-refractivity contribution in [2.45, 2.75) is 49.0 Å². The number of hydrogen-bond acceptors (Lipinski definition) is 7. The number of aromatic nitrogens is 4. The van der Waals surface area contributed by atoms with Gasteiger partial charge in [0, 0.05) is 27.1 Å². The molecule has 3 aromatic heterocycles. The lowest BCUT2D eigenvalue weighted by molar-refractivity contribution is 0.00203. The number of benzene rings is 1. The topological polar surface area (TPSA) is 52.3 Å². The van der Waals surface area contributed by atoms with Gasteiger partial charge in [0.1, 0.15) is 4.83 Å². The van der Waals surface area contributed by atoms with Crippen molar-refractivity contribution in [3.63, 3.8) is 0 Å². The number of ether oxygens (including phenoxy) is 1. The fourth-order valence-corrected chi connectivity index (χ4v) is 7.03. The van der Waals surface area contributed by atoms with E-state index in [2.05, 4.69) is 28.4 Å². The maximum atomic E-state index is 6.36. The molecule has 0 bridgehead atoms. The van der Waals surface area contributed by atoms with Gasteiger partial charge in [0.25, 0.3) is 0 Å². The van der Waals surface area contributed by atoms with Crippen molar-refractivity contribution in [3.05, 3.63) is 44.2 Å². The lowest BCUT2D eigenvalue weighted by atomic mass is 9.96. The molecule has 1 aliphatic heterocycles. The van der Waals surface area contributed by atoms with E-state index >= 15 is 0 Å². The van der Waals surface area contributed by atoms with Crippen LogP contribution in [0, 0.1) is 5.92 Å². The fraction of sp³-hybridized carbons (Fsp3) is 0.381. The molecule has 1 aromatic carbocycles. The van der Waals surface area contributed by atoms with E-state index in [0.29, 0.717) is 28.3 Å². The molecule has 0 N–H and O–H groups in total. The van der Waals surface area contributed by atoms with Crippen molar-refractivity contribution in [2.75, 3.05) is 6.26 Å². The second-order valence-electron chi connectivity index (χ2n) is 7.75. The molecule has 0 aliphatic carbocycles. The van der Waals surface area contributed by atoms with Gasteiger partial charge in [0.15, 0.2) is 16.0 Å². The van der Waals surface area contributed by atoms with E-state index in [1.807, 2.05) is 18.4 Å². The smallest absolute Gasteiger partial charge is 0.198 e. The van der Waals surface area contributed by atoms with E-state index in [-0.39, 0.29) is 6.10 Å². The lowest BCUT2D eigenvalue weighted by Gasteiger charge is -2.26. The van der Waals surface area contributed by atoms with Crippen LogP contribution in [-0.2, 0) is 23.5 Å². The van der Waals surface area contributed by atoms with E-state index in [1.165, 1.54) is 10.4 Å². The van der Waals surface area contributed by atoms with Crippen LogP contribution in [0.2, 0.25) is 10.0 Å². The highest BCUT2D eigenvalue weighted by Gasteiger charge is 2.29. The number of fused-ring (bicyclic) bond motifs is 5. The summed E-state index contributed by atoms with van der Waals surface area (Å²) in [6.07, 6.45) is 3.14. The molecule has 31 heavy (non-hydrogen) atoms. The summed E-state index contributed by atoms with van der Waals surface area (Å²) in [4.78, 5) is 7.23. The Bertz CT molecular complexity index is 1290. The van der Waals surface area contributed by atoms with Crippen LogP contribution in [0.25, 0.3) is 15.9 Å². The van der Waals surface area contributed by atoms with Gasteiger partial charge < -0.3 is 4.74 Å². The van der Waals surface area contributed by atoms with Crippen molar-refractivity contribution >= 4 is 73.9 Å². The summed E-state index contributed by atoms with van der Waals surface area (Å²) in [5, 5.41) is 13.2. The molecule has 0 radical (unpaired) electrons. The first-order valence-electron chi connectivity index (χ1n) is 9.88. The molecule has 10 heteroatoms. The summed E-state index contributed by atoms with van der Waals surface area (Å²) >= 11 is 17.3. The number of nitrogens with zero attached hydrogens (tertiary/aromatic N) is 4. The van der Waals surface area contributed by atoms with Crippen molar-refractivity contribution in [1.29, 1.82) is 0 Å². The third-order valence-electron chi connectivity index (χ3n) is 5.45. The summed E-state index contributed by atoms with van der Waals surface area (Å²) in [5.41, 5.74) is 3.21. The van der Waals surface area contributed by atoms with Crippen LogP contribution in [0.1, 0.15) is 29.9 Å². The Kier molecular flexibility index (Phi) is 6.13. The summed E-state index contributed by atoms with van der Waals surface area (Å²) in [7, 11) is 0. The Balaban J connectivity index is 1.58. The van der Waals surface area contributed by atoms with E-state index in [0.717, 1.165) is 38.2 Å². The van der Waals surface area contributed by atoms with Crippen LogP contribution in [0.5, 0.6) is 0 Å². The molecular weight excluding hydrogens is 491 g/mol. The molecule has 5 nitrogen and oxygen atoms in total. The predicted molar refractivity (Wildman–Crippen MR) is 131 cm³/mol. The third-order valence-corrected chi connectivity index (χ3v) is 8.75. The van der Waals surface area contributed by atoms with E-state index in [9.17, 15) is 0 Å². The van der Waals surface area contributed by atoms with Crippen LogP contribution < -0.4 is 0 Å². The van der Waals surface area contributed by atoms with Gasteiger partial charge in [-0.25, -0.2) is 9.38 Å². The van der Waals surface area contributed by atoms with E-state index in [4.69, 9.17) is 32.9 Å². The Morgan fingerprint density at radius 3 is 2.84 bits per heavy atom. The molecule has 0 spiro atoms. The normalized spacial score (nSPS) is 16.5. The molecule has 0 saturated heterocycles. The first-order valence-corrected chi connectivity index (χ1v) is 13.7.